The molecule has 4 rings (SSSR count). The lowest BCUT2D eigenvalue weighted by molar-refractivity contribution is 0.102. The zero-order valence-corrected chi connectivity index (χ0v) is 22.1. The summed E-state index contributed by atoms with van der Waals surface area (Å²) in [6.07, 6.45) is 0. The van der Waals surface area contributed by atoms with Gasteiger partial charge in [-0.2, -0.15) is 4.31 Å². The van der Waals surface area contributed by atoms with Crippen molar-refractivity contribution >= 4 is 43.8 Å². The van der Waals surface area contributed by atoms with Crippen LogP contribution in [0, 0.1) is 0 Å². The highest BCUT2D eigenvalue weighted by Gasteiger charge is 2.23. The van der Waals surface area contributed by atoms with E-state index in [1.165, 1.54) is 29.6 Å². The Morgan fingerprint density at radius 1 is 0.947 bits per heavy atom. The van der Waals surface area contributed by atoms with Gasteiger partial charge in [-0.25, -0.2) is 8.42 Å². The highest BCUT2D eigenvalue weighted by atomic mass is 32.2. The van der Waals surface area contributed by atoms with Crippen LogP contribution in [-0.2, 0) is 10.0 Å². The van der Waals surface area contributed by atoms with Crippen LogP contribution >= 0.6 is 0 Å². The largest absolute Gasteiger partial charge is 0.505 e. The number of anilines is 1. The summed E-state index contributed by atoms with van der Waals surface area (Å²) in [7, 11) is -2.31. The first-order chi connectivity index (χ1) is 18.3. The number of ether oxygens (including phenoxy) is 1. The summed E-state index contributed by atoms with van der Waals surface area (Å²) < 4.78 is 32.8. The Hall–Kier alpha value is -4.28. The van der Waals surface area contributed by atoms with Crippen molar-refractivity contribution < 1.29 is 23.1 Å². The number of aromatic hydroxyl groups is 1. The zero-order valence-electron chi connectivity index (χ0n) is 21.2. The number of phenols is 1. The molecule has 0 bridgehead atoms. The third kappa shape index (κ3) is 5.36. The van der Waals surface area contributed by atoms with Crippen molar-refractivity contribution in [1.82, 2.24) is 4.31 Å². The predicted molar refractivity (Wildman–Crippen MR) is 147 cm³/mol. The van der Waals surface area contributed by atoms with E-state index in [4.69, 9.17) is 4.74 Å². The molecule has 196 valence electrons. The topological polar surface area (TPSA) is 121 Å². The number of fused-ring (bicyclic) bond motifs is 1. The number of methoxy groups -OCH3 is 1. The van der Waals surface area contributed by atoms with Gasteiger partial charge in [0.1, 0.15) is 17.1 Å². The first kappa shape index (κ1) is 26.8. The second-order valence-corrected chi connectivity index (χ2v) is 10.2. The molecule has 0 spiro atoms. The monoisotopic (exact) mass is 532 g/mol. The molecule has 0 fully saturated rings. The van der Waals surface area contributed by atoms with Gasteiger partial charge in [-0.05, 0) is 41.8 Å². The normalized spacial score (nSPS) is 11.8. The van der Waals surface area contributed by atoms with Crippen LogP contribution in [0.2, 0.25) is 0 Å². The van der Waals surface area contributed by atoms with Crippen molar-refractivity contribution in [3.63, 3.8) is 0 Å². The minimum absolute atomic E-state index is 0.0197. The molecule has 0 radical (unpaired) electrons. The van der Waals surface area contributed by atoms with Crippen molar-refractivity contribution in [2.24, 2.45) is 10.2 Å². The van der Waals surface area contributed by atoms with Crippen LogP contribution in [0.1, 0.15) is 24.2 Å². The van der Waals surface area contributed by atoms with E-state index in [0.29, 0.717) is 35.3 Å². The van der Waals surface area contributed by atoms with Crippen LogP contribution in [0.4, 0.5) is 17.1 Å². The Morgan fingerprint density at radius 2 is 1.63 bits per heavy atom. The lowest BCUT2D eigenvalue weighted by Gasteiger charge is -2.18. The fraction of sp³-hybridized carbons (Fsp3) is 0.179. The standard InChI is InChI=1S/C28H28N4O5S/c1-4-32(5-2)38(35,36)21-15-16-25(37-3)24(18-21)30-31-26-22-14-10-9-11-19(22)17-23(27(26)33)28(34)29-20-12-7-6-8-13-20/h6-18,33H,4-5H2,1-3H3,(H,29,34). The maximum atomic E-state index is 13.0. The second-order valence-electron chi connectivity index (χ2n) is 8.29. The fourth-order valence-electron chi connectivity index (χ4n) is 4.04. The number of hydrogen-bond acceptors (Lipinski definition) is 7. The second kappa shape index (κ2) is 11.4. The van der Waals surface area contributed by atoms with Crippen LogP contribution in [0.15, 0.2) is 94.0 Å². The Morgan fingerprint density at radius 3 is 2.32 bits per heavy atom. The molecule has 0 heterocycles. The average Bonchev–Trinajstić information content (AvgIpc) is 2.93. The minimum Gasteiger partial charge on any atom is -0.505 e. The number of rotatable bonds is 9. The van der Waals surface area contributed by atoms with Crippen molar-refractivity contribution in [2.45, 2.75) is 18.7 Å². The number of nitrogens with one attached hydrogen (secondary N) is 1. The lowest BCUT2D eigenvalue weighted by atomic mass is 10.0. The first-order valence-corrected chi connectivity index (χ1v) is 13.4. The molecule has 9 nitrogen and oxygen atoms in total. The summed E-state index contributed by atoms with van der Waals surface area (Å²) >= 11 is 0. The molecule has 0 aromatic heterocycles. The number of amides is 1. The molecule has 0 aliphatic rings. The van der Waals surface area contributed by atoms with Gasteiger partial charge in [0.15, 0.2) is 5.75 Å². The summed E-state index contributed by atoms with van der Waals surface area (Å²) in [4.78, 5) is 13.1. The molecule has 4 aromatic rings. The third-order valence-corrected chi connectivity index (χ3v) is 8.07. The summed E-state index contributed by atoms with van der Waals surface area (Å²) in [6, 6.07) is 21.9. The molecule has 0 saturated carbocycles. The van der Waals surface area contributed by atoms with Crippen molar-refractivity contribution in [1.29, 1.82) is 0 Å². The number of para-hydroxylation sites is 1. The van der Waals surface area contributed by atoms with Gasteiger partial charge in [0.05, 0.1) is 17.6 Å². The Balaban J connectivity index is 1.80. The van der Waals surface area contributed by atoms with Crippen LogP contribution in [0.5, 0.6) is 11.5 Å². The number of hydrogen-bond donors (Lipinski definition) is 2. The zero-order chi connectivity index (χ0) is 27.3. The number of nitrogens with zero attached hydrogens (tertiary/aromatic N) is 3. The Bertz CT molecular complexity index is 1600. The molecule has 0 saturated heterocycles. The van der Waals surface area contributed by atoms with Gasteiger partial charge < -0.3 is 15.2 Å². The van der Waals surface area contributed by atoms with E-state index in [2.05, 4.69) is 15.5 Å². The number of sulfonamides is 1. The molecule has 1 amide bonds. The Labute approximate surface area is 221 Å². The quantitative estimate of drug-likeness (QED) is 0.247. The van der Waals surface area contributed by atoms with E-state index < -0.39 is 15.9 Å². The third-order valence-electron chi connectivity index (χ3n) is 6.02. The molecular weight excluding hydrogens is 504 g/mol. The number of azo groups is 1. The molecule has 0 unspecified atom stereocenters. The van der Waals surface area contributed by atoms with Gasteiger partial charge in [0.2, 0.25) is 10.0 Å². The van der Waals surface area contributed by atoms with Gasteiger partial charge in [0, 0.05) is 24.2 Å². The minimum atomic E-state index is -3.75. The van der Waals surface area contributed by atoms with Crippen LogP contribution in [0.3, 0.4) is 0 Å². The maximum absolute atomic E-state index is 13.0. The summed E-state index contributed by atoms with van der Waals surface area (Å²) in [5.41, 5.74) is 0.819. The SMILES string of the molecule is CCN(CC)S(=O)(=O)c1ccc(OC)c(N=Nc2c(O)c(C(=O)Nc3ccccc3)cc3ccccc23)c1. The van der Waals surface area contributed by atoms with E-state index in [1.807, 2.05) is 12.1 Å². The van der Waals surface area contributed by atoms with Gasteiger partial charge >= 0.3 is 0 Å². The Kier molecular flexibility index (Phi) is 8.04. The molecule has 0 aliphatic heterocycles. The fourth-order valence-corrected chi connectivity index (χ4v) is 5.52. The van der Waals surface area contributed by atoms with E-state index in [-0.39, 0.29) is 27.6 Å². The number of phenolic OH excluding ortho intramolecular Hbond substituents is 1. The van der Waals surface area contributed by atoms with Crippen LogP contribution in [0.25, 0.3) is 10.8 Å². The lowest BCUT2D eigenvalue weighted by Crippen LogP contribution is -2.30. The first-order valence-electron chi connectivity index (χ1n) is 12.0. The molecule has 4 aromatic carbocycles. The highest BCUT2D eigenvalue weighted by molar-refractivity contribution is 7.89. The van der Waals surface area contributed by atoms with Gasteiger partial charge in [-0.1, -0.05) is 56.3 Å². The van der Waals surface area contributed by atoms with E-state index in [1.54, 1.807) is 62.4 Å². The summed E-state index contributed by atoms with van der Waals surface area (Å²) in [5.74, 6) is -0.568. The van der Waals surface area contributed by atoms with Gasteiger partial charge in [-0.15, -0.1) is 10.2 Å². The van der Waals surface area contributed by atoms with Crippen LogP contribution < -0.4 is 10.1 Å². The number of carbonyl (C=O) groups is 1. The van der Waals surface area contributed by atoms with Crippen molar-refractivity contribution in [2.75, 3.05) is 25.5 Å². The highest BCUT2D eigenvalue weighted by Crippen LogP contribution is 2.41. The van der Waals surface area contributed by atoms with E-state index in [9.17, 15) is 18.3 Å². The summed E-state index contributed by atoms with van der Waals surface area (Å²) in [5, 5.41) is 23.6. The number of carbonyl (C=O) groups excluding carboxylic acids is 1. The molecule has 38 heavy (non-hydrogen) atoms. The van der Waals surface area contributed by atoms with E-state index in [0.717, 1.165) is 0 Å². The average molecular weight is 533 g/mol. The van der Waals surface area contributed by atoms with Gasteiger partial charge in [0.25, 0.3) is 5.91 Å². The smallest absolute Gasteiger partial charge is 0.259 e. The van der Waals surface area contributed by atoms with Crippen molar-refractivity contribution in [3.05, 3.63) is 84.4 Å². The number of benzene rings is 4. The maximum Gasteiger partial charge on any atom is 0.259 e. The van der Waals surface area contributed by atoms with E-state index >= 15 is 0 Å². The summed E-state index contributed by atoms with van der Waals surface area (Å²) in [6.45, 7) is 4.17. The molecule has 0 aliphatic carbocycles. The molecular formula is C28H28N4O5S. The van der Waals surface area contributed by atoms with Crippen LogP contribution in [-0.4, -0.2) is 43.9 Å². The van der Waals surface area contributed by atoms with Crippen molar-refractivity contribution in [3.8, 4) is 11.5 Å². The molecule has 0 atom stereocenters. The predicted octanol–water partition coefficient (Wildman–Crippen LogP) is 6.25. The molecule has 2 N–H and O–H groups in total. The molecule has 10 heteroatoms. The van der Waals surface area contributed by atoms with Gasteiger partial charge in [-0.3, -0.25) is 4.79 Å².